The van der Waals surface area contributed by atoms with Crippen molar-refractivity contribution in [1.29, 1.82) is 0 Å². The van der Waals surface area contributed by atoms with E-state index >= 15 is 0 Å². The van der Waals surface area contributed by atoms with Gasteiger partial charge in [-0.25, -0.2) is 13.2 Å². The van der Waals surface area contributed by atoms with E-state index in [0.717, 1.165) is 0 Å². The van der Waals surface area contributed by atoms with Gasteiger partial charge in [-0.15, -0.1) is 0 Å². The molecule has 3 aromatic rings. The number of hydrogen-bond acceptors (Lipinski definition) is 6. The van der Waals surface area contributed by atoms with Crippen LogP contribution in [-0.4, -0.2) is 30.2 Å². The summed E-state index contributed by atoms with van der Waals surface area (Å²) in [5.41, 5.74) is 1.37. The average Bonchev–Trinajstić information content (AvgIpc) is 3.08. The summed E-state index contributed by atoms with van der Waals surface area (Å²) >= 11 is 0. The maximum absolute atomic E-state index is 12.3. The van der Waals surface area contributed by atoms with Crippen molar-refractivity contribution in [3.63, 3.8) is 0 Å². The molecule has 0 aliphatic carbocycles. The lowest BCUT2D eigenvalue weighted by Crippen LogP contribution is -2.12. The Balaban J connectivity index is 1.79. The summed E-state index contributed by atoms with van der Waals surface area (Å²) < 4.78 is 28.1. The van der Waals surface area contributed by atoms with Gasteiger partial charge in [0.1, 0.15) is 0 Å². The van der Waals surface area contributed by atoms with Gasteiger partial charge in [0.2, 0.25) is 0 Å². The largest absolute Gasteiger partial charge is 0.439 e. The molecule has 8 nitrogen and oxygen atoms in total. The number of nitrogens with one attached hydrogen (secondary N) is 2. The Labute approximate surface area is 148 Å². The van der Waals surface area contributed by atoms with Crippen LogP contribution in [0.3, 0.4) is 0 Å². The van der Waals surface area contributed by atoms with E-state index in [2.05, 4.69) is 20.0 Å². The Morgan fingerprint density at radius 2 is 1.92 bits per heavy atom. The normalized spacial score (nSPS) is 11.3. The van der Waals surface area contributed by atoms with Crippen LogP contribution < -0.4 is 11.1 Å². The van der Waals surface area contributed by atoms with Crippen molar-refractivity contribution in [3.8, 4) is 11.4 Å². The highest BCUT2D eigenvalue weighted by molar-refractivity contribution is 7.91. The van der Waals surface area contributed by atoms with Crippen LogP contribution in [0, 0.1) is 0 Å². The maximum atomic E-state index is 12.3. The number of H-pyrrole nitrogens is 1. The minimum absolute atomic E-state index is 0.00449. The van der Waals surface area contributed by atoms with Crippen LogP contribution in [0.15, 0.2) is 62.7 Å². The fourth-order valence-corrected chi connectivity index (χ4v) is 3.17. The molecule has 3 rings (SSSR count). The highest BCUT2D eigenvalue weighted by Crippen LogP contribution is 2.19. The maximum Gasteiger partial charge on any atom is 0.439 e. The number of benzene rings is 2. The summed E-state index contributed by atoms with van der Waals surface area (Å²) in [6.07, 6.45) is 0. The summed E-state index contributed by atoms with van der Waals surface area (Å²) in [7, 11) is -3.31. The molecular formula is C17H15N3O5S. The van der Waals surface area contributed by atoms with Crippen molar-refractivity contribution in [2.24, 2.45) is 0 Å². The predicted molar refractivity (Wildman–Crippen MR) is 94.7 cm³/mol. The minimum Gasteiger partial charge on any atom is -0.322 e. The number of carbonyl (C=O) groups excluding carboxylic acids is 1. The second-order valence-corrected chi connectivity index (χ2v) is 7.68. The van der Waals surface area contributed by atoms with Crippen molar-refractivity contribution >= 4 is 21.4 Å². The third-order valence-electron chi connectivity index (χ3n) is 3.69. The predicted octanol–water partition coefficient (Wildman–Crippen LogP) is 2.08. The molecule has 0 fully saturated rings. The quantitative estimate of drug-likeness (QED) is 0.706. The van der Waals surface area contributed by atoms with E-state index in [1.165, 1.54) is 24.3 Å². The van der Waals surface area contributed by atoms with Crippen molar-refractivity contribution in [1.82, 2.24) is 10.1 Å². The van der Waals surface area contributed by atoms with E-state index in [4.69, 9.17) is 0 Å². The van der Waals surface area contributed by atoms with Gasteiger partial charge in [-0.3, -0.25) is 14.3 Å². The van der Waals surface area contributed by atoms with Gasteiger partial charge in [0.25, 0.3) is 5.91 Å². The molecule has 0 bridgehead atoms. The Kier molecular flexibility index (Phi) is 4.72. The molecule has 1 heterocycles. The molecule has 2 N–H and O–H groups in total. The second-order valence-electron chi connectivity index (χ2n) is 5.41. The summed E-state index contributed by atoms with van der Waals surface area (Å²) in [6.45, 7) is 1.56. The molecule has 0 atom stereocenters. The Bertz CT molecular complexity index is 1100. The van der Waals surface area contributed by atoms with Crippen LogP contribution in [0.5, 0.6) is 0 Å². The van der Waals surface area contributed by atoms with Crippen molar-refractivity contribution < 1.29 is 17.7 Å². The number of rotatable bonds is 5. The first-order valence-corrected chi connectivity index (χ1v) is 9.35. The molecule has 0 unspecified atom stereocenters. The molecule has 0 radical (unpaired) electrons. The second kappa shape index (κ2) is 6.96. The topological polar surface area (TPSA) is 122 Å². The zero-order chi connectivity index (χ0) is 18.7. The van der Waals surface area contributed by atoms with Crippen LogP contribution in [0.4, 0.5) is 5.69 Å². The van der Waals surface area contributed by atoms with Crippen molar-refractivity contribution in [2.45, 2.75) is 11.8 Å². The Morgan fingerprint density at radius 1 is 1.19 bits per heavy atom. The van der Waals surface area contributed by atoms with E-state index in [0.29, 0.717) is 16.8 Å². The van der Waals surface area contributed by atoms with Gasteiger partial charge in [0.15, 0.2) is 15.7 Å². The molecule has 0 saturated heterocycles. The molecule has 9 heteroatoms. The number of aromatic amines is 1. The van der Waals surface area contributed by atoms with Gasteiger partial charge in [-0.2, -0.15) is 0 Å². The lowest BCUT2D eigenvalue weighted by atomic mass is 10.1. The molecule has 26 heavy (non-hydrogen) atoms. The fourth-order valence-electron chi connectivity index (χ4n) is 2.28. The Hall–Kier alpha value is -3.20. The number of carbonyl (C=O) groups is 1. The van der Waals surface area contributed by atoms with Crippen molar-refractivity contribution in [2.75, 3.05) is 11.1 Å². The summed E-state index contributed by atoms with van der Waals surface area (Å²) in [6, 6.07) is 12.4. The summed E-state index contributed by atoms with van der Waals surface area (Å²) in [4.78, 5) is 26.0. The van der Waals surface area contributed by atoms with Gasteiger partial charge >= 0.3 is 5.76 Å². The number of nitrogens with zero attached hydrogens (tertiary/aromatic N) is 1. The highest BCUT2D eigenvalue weighted by Gasteiger charge is 2.13. The molecule has 1 aromatic heterocycles. The zero-order valence-corrected chi connectivity index (χ0v) is 14.5. The third-order valence-corrected chi connectivity index (χ3v) is 5.44. The Morgan fingerprint density at radius 3 is 2.54 bits per heavy atom. The molecule has 0 saturated carbocycles. The van der Waals surface area contributed by atoms with Crippen molar-refractivity contribution in [3.05, 3.63) is 64.6 Å². The number of amides is 1. The fraction of sp³-hybridized carbons (Fsp3) is 0.118. The summed E-state index contributed by atoms with van der Waals surface area (Å²) in [5.74, 6) is -0.817. The lowest BCUT2D eigenvalue weighted by Gasteiger charge is -2.07. The zero-order valence-electron chi connectivity index (χ0n) is 13.7. The lowest BCUT2D eigenvalue weighted by molar-refractivity contribution is 0.102. The van der Waals surface area contributed by atoms with Gasteiger partial charge in [-0.05, 0) is 36.4 Å². The van der Waals surface area contributed by atoms with E-state index in [-0.39, 0.29) is 16.5 Å². The molecule has 0 aliphatic rings. The summed E-state index contributed by atoms with van der Waals surface area (Å²) in [5, 5.41) is 6.30. The van der Waals surface area contributed by atoms with Gasteiger partial charge < -0.3 is 5.32 Å². The van der Waals surface area contributed by atoms with Crippen LogP contribution in [0.2, 0.25) is 0 Å². The number of aromatic nitrogens is 2. The van der Waals surface area contributed by atoms with E-state index in [1.807, 2.05) is 0 Å². The minimum atomic E-state index is -3.31. The smallest absolute Gasteiger partial charge is 0.322 e. The first-order chi connectivity index (χ1) is 12.4. The van der Waals surface area contributed by atoms with Crippen LogP contribution in [0.25, 0.3) is 11.4 Å². The SMILES string of the molecule is CCS(=O)(=O)c1ccc(C(=O)Nc2cccc(-c3noc(=O)[nH]3)c2)cc1. The van der Waals surface area contributed by atoms with E-state index < -0.39 is 21.5 Å². The monoisotopic (exact) mass is 373 g/mol. The molecule has 2 aromatic carbocycles. The molecular weight excluding hydrogens is 358 g/mol. The number of sulfone groups is 1. The number of hydrogen-bond donors (Lipinski definition) is 2. The van der Waals surface area contributed by atoms with Gasteiger partial charge in [0.05, 0.1) is 10.6 Å². The molecule has 134 valence electrons. The van der Waals surface area contributed by atoms with Crippen LogP contribution in [-0.2, 0) is 9.84 Å². The van der Waals surface area contributed by atoms with Crippen LogP contribution in [0.1, 0.15) is 17.3 Å². The third kappa shape index (κ3) is 3.72. The van der Waals surface area contributed by atoms with E-state index in [1.54, 1.807) is 31.2 Å². The van der Waals surface area contributed by atoms with Gasteiger partial charge in [0, 0.05) is 16.8 Å². The average molecular weight is 373 g/mol. The van der Waals surface area contributed by atoms with Gasteiger partial charge in [-0.1, -0.05) is 24.2 Å². The van der Waals surface area contributed by atoms with E-state index in [9.17, 15) is 18.0 Å². The highest BCUT2D eigenvalue weighted by atomic mass is 32.2. The molecule has 0 spiro atoms. The van der Waals surface area contributed by atoms with Crippen LogP contribution >= 0.6 is 0 Å². The molecule has 1 amide bonds. The first kappa shape index (κ1) is 17.6. The standard InChI is InChI=1S/C17H15N3O5S/c1-2-26(23,24)14-8-6-11(7-9-14)16(21)18-13-5-3-4-12(10-13)15-19-17(22)25-20-15/h3-10H,2H2,1H3,(H,18,21)(H,19,20,22). The molecule has 0 aliphatic heterocycles. The first-order valence-electron chi connectivity index (χ1n) is 7.69. The number of anilines is 1.